The van der Waals surface area contributed by atoms with Crippen LogP contribution in [0.5, 0.6) is 0 Å². The van der Waals surface area contributed by atoms with Crippen molar-refractivity contribution in [3.63, 3.8) is 0 Å². The van der Waals surface area contributed by atoms with Gasteiger partial charge in [0.25, 0.3) is 0 Å². The van der Waals surface area contributed by atoms with Crippen molar-refractivity contribution in [2.75, 3.05) is 5.33 Å². The Labute approximate surface area is 99.7 Å². The van der Waals surface area contributed by atoms with Crippen molar-refractivity contribution in [1.82, 2.24) is 9.78 Å². The number of hydrogen-bond acceptors (Lipinski definition) is 3. The smallest absolute Gasteiger partial charge is 0.358 e. The van der Waals surface area contributed by atoms with E-state index in [4.69, 9.17) is 11.6 Å². The molecule has 1 fully saturated rings. The van der Waals surface area contributed by atoms with Gasteiger partial charge >= 0.3 is 5.82 Å². The summed E-state index contributed by atoms with van der Waals surface area (Å²) < 4.78 is 1.56. The summed E-state index contributed by atoms with van der Waals surface area (Å²) in [5, 5.41) is 15.4. The lowest BCUT2D eigenvalue weighted by Gasteiger charge is -2.07. The molecule has 0 N–H and O–H groups in total. The summed E-state index contributed by atoms with van der Waals surface area (Å²) in [7, 11) is 0. The molecule has 0 aliphatic heterocycles. The third-order valence-corrected chi connectivity index (χ3v) is 4.07. The SMILES string of the molecule is O=[N+]([O-])c1nn(CC2(CBr)CC2)cc1Cl. The zero-order valence-electron chi connectivity index (χ0n) is 7.82. The highest BCUT2D eigenvalue weighted by Gasteiger charge is 2.43. The van der Waals surface area contributed by atoms with Crippen LogP contribution in [-0.4, -0.2) is 20.0 Å². The molecule has 1 aliphatic carbocycles. The summed E-state index contributed by atoms with van der Waals surface area (Å²) in [6, 6.07) is 0. The molecule has 0 atom stereocenters. The molecule has 0 bridgehead atoms. The number of halogens is 2. The standard InChI is InChI=1S/C8H9BrClN3O2/c9-4-8(1-2-8)5-12-3-6(10)7(11-12)13(14)15/h3H,1-2,4-5H2. The predicted octanol–water partition coefficient (Wildman–Crippen LogP) is 2.62. The van der Waals surface area contributed by atoms with Crippen molar-refractivity contribution in [2.24, 2.45) is 5.41 Å². The minimum absolute atomic E-state index is 0.102. The zero-order valence-corrected chi connectivity index (χ0v) is 10.2. The number of alkyl halides is 1. The summed E-state index contributed by atoms with van der Waals surface area (Å²) in [5.41, 5.74) is 0.225. The van der Waals surface area contributed by atoms with Crippen molar-refractivity contribution < 1.29 is 4.92 Å². The van der Waals surface area contributed by atoms with Gasteiger partial charge in [-0.1, -0.05) is 27.5 Å². The number of aromatic nitrogens is 2. The topological polar surface area (TPSA) is 61.0 Å². The minimum atomic E-state index is -0.563. The van der Waals surface area contributed by atoms with Gasteiger partial charge in [0.15, 0.2) is 5.02 Å². The van der Waals surface area contributed by atoms with E-state index in [2.05, 4.69) is 21.0 Å². The predicted molar refractivity (Wildman–Crippen MR) is 59.4 cm³/mol. The first kappa shape index (κ1) is 10.9. The maximum atomic E-state index is 10.5. The first-order chi connectivity index (χ1) is 7.06. The maximum Gasteiger partial charge on any atom is 0.408 e. The van der Waals surface area contributed by atoms with E-state index in [1.807, 2.05) is 0 Å². The van der Waals surface area contributed by atoms with Gasteiger partial charge in [0.05, 0.1) is 17.8 Å². The van der Waals surface area contributed by atoms with Crippen molar-refractivity contribution in [2.45, 2.75) is 19.4 Å². The van der Waals surface area contributed by atoms with Crippen LogP contribution < -0.4 is 0 Å². The van der Waals surface area contributed by atoms with Crippen LogP contribution in [0.15, 0.2) is 6.20 Å². The lowest BCUT2D eigenvalue weighted by molar-refractivity contribution is -0.389. The highest BCUT2D eigenvalue weighted by molar-refractivity contribution is 9.09. The fourth-order valence-corrected chi connectivity index (χ4v) is 2.40. The number of nitrogens with zero attached hydrogens (tertiary/aromatic N) is 3. The van der Waals surface area contributed by atoms with Gasteiger partial charge in [-0.25, -0.2) is 0 Å². The van der Waals surface area contributed by atoms with Gasteiger partial charge in [-0.05, 0) is 17.8 Å². The van der Waals surface area contributed by atoms with Crippen LogP contribution >= 0.6 is 27.5 Å². The summed E-state index contributed by atoms with van der Waals surface area (Å²) in [4.78, 5) is 9.96. The van der Waals surface area contributed by atoms with Crippen LogP contribution in [-0.2, 0) is 6.54 Å². The second kappa shape index (κ2) is 3.75. The molecule has 2 rings (SSSR count). The van der Waals surface area contributed by atoms with Gasteiger partial charge in [-0.2, -0.15) is 4.68 Å². The molecule has 1 heterocycles. The van der Waals surface area contributed by atoms with Crippen molar-refractivity contribution in [1.29, 1.82) is 0 Å². The van der Waals surface area contributed by atoms with Gasteiger partial charge in [0.1, 0.15) is 0 Å². The quantitative estimate of drug-likeness (QED) is 0.487. The van der Waals surface area contributed by atoms with Crippen LogP contribution in [0.4, 0.5) is 5.82 Å². The highest BCUT2D eigenvalue weighted by Crippen LogP contribution is 2.48. The van der Waals surface area contributed by atoms with Crippen molar-refractivity contribution in [3.05, 3.63) is 21.3 Å². The normalized spacial score (nSPS) is 17.7. The van der Waals surface area contributed by atoms with E-state index in [0.717, 1.165) is 18.2 Å². The zero-order chi connectivity index (χ0) is 11.1. The Morgan fingerprint density at radius 2 is 2.40 bits per heavy atom. The van der Waals surface area contributed by atoms with Crippen LogP contribution in [0, 0.1) is 15.5 Å². The summed E-state index contributed by atoms with van der Waals surface area (Å²) >= 11 is 9.13. The molecular weight excluding hydrogens is 285 g/mol. The van der Waals surface area contributed by atoms with Gasteiger partial charge in [-0.3, -0.25) is 0 Å². The molecule has 0 amide bonds. The molecular formula is C8H9BrClN3O2. The Kier molecular flexibility index (Phi) is 2.72. The monoisotopic (exact) mass is 293 g/mol. The number of rotatable bonds is 4. The molecule has 82 valence electrons. The van der Waals surface area contributed by atoms with E-state index in [9.17, 15) is 10.1 Å². The third kappa shape index (κ3) is 2.15. The summed E-state index contributed by atoms with van der Waals surface area (Å²) in [6.45, 7) is 0.686. The van der Waals surface area contributed by atoms with Crippen molar-refractivity contribution in [3.8, 4) is 0 Å². The first-order valence-electron chi connectivity index (χ1n) is 4.50. The fraction of sp³-hybridized carbons (Fsp3) is 0.625. The van der Waals surface area contributed by atoms with Crippen LogP contribution in [0.25, 0.3) is 0 Å². The third-order valence-electron chi connectivity index (χ3n) is 2.61. The average molecular weight is 295 g/mol. The van der Waals surface area contributed by atoms with E-state index in [1.165, 1.54) is 6.20 Å². The van der Waals surface area contributed by atoms with Gasteiger partial charge in [0.2, 0.25) is 0 Å². The van der Waals surface area contributed by atoms with E-state index in [0.29, 0.717) is 6.54 Å². The average Bonchev–Trinajstić information content (AvgIpc) is 2.84. The molecule has 0 unspecified atom stereocenters. The van der Waals surface area contributed by atoms with E-state index in [-0.39, 0.29) is 16.3 Å². The number of hydrogen-bond donors (Lipinski definition) is 0. The summed E-state index contributed by atoms with van der Waals surface area (Å²) in [5.74, 6) is -0.262. The van der Waals surface area contributed by atoms with Crippen LogP contribution in [0.3, 0.4) is 0 Å². The number of nitro groups is 1. The molecule has 15 heavy (non-hydrogen) atoms. The van der Waals surface area contributed by atoms with Crippen LogP contribution in [0.1, 0.15) is 12.8 Å². The van der Waals surface area contributed by atoms with Gasteiger partial charge in [0, 0.05) is 10.7 Å². The van der Waals surface area contributed by atoms with Crippen LogP contribution in [0.2, 0.25) is 5.02 Å². The Morgan fingerprint density at radius 3 is 2.80 bits per heavy atom. The maximum absolute atomic E-state index is 10.5. The second-order valence-corrected chi connectivity index (χ2v) is 4.86. The largest absolute Gasteiger partial charge is 0.408 e. The first-order valence-corrected chi connectivity index (χ1v) is 6.00. The lowest BCUT2D eigenvalue weighted by Crippen LogP contribution is -2.13. The molecule has 0 saturated heterocycles. The molecule has 1 aromatic heterocycles. The molecule has 7 heteroatoms. The second-order valence-electron chi connectivity index (χ2n) is 3.89. The molecule has 0 aromatic carbocycles. The molecule has 1 aromatic rings. The van der Waals surface area contributed by atoms with Gasteiger partial charge in [-0.15, -0.1) is 0 Å². The van der Waals surface area contributed by atoms with Gasteiger partial charge < -0.3 is 10.1 Å². The Balaban J connectivity index is 2.16. The van der Waals surface area contributed by atoms with E-state index >= 15 is 0 Å². The Morgan fingerprint density at radius 1 is 1.73 bits per heavy atom. The Hall–Kier alpha value is -0.620. The molecule has 5 nitrogen and oxygen atoms in total. The lowest BCUT2D eigenvalue weighted by atomic mass is 10.1. The Bertz CT molecular complexity index is 403. The molecule has 0 radical (unpaired) electrons. The van der Waals surface area contributed by atoms with E-state index in [1.54, 1.807) is 4.68 Å². The highest BCUT2D eigenvalue weighted by atomic mass is 79.9. The minimum Gasteiger partial charge on any atom is -0.358 e. The van der Waals surface area contributed by atoms with Crippen molar-refractivity contribution >= 4 is 33.3 Å². The molecule has 1 saturated carbocycles. The fourth-order valence-electron chi connectivity index (χ4n) is 1.45. The van der Waals surface area contributed by atoms with E-state index < -0.39 is 4.92 Å². The molecule has 0 spiro atoms. The molecule has 1 aliphatic rings. The summed E-state index contributed by atoms with van der Waals surface area (Å²) in [6.07, 6.45) is 3.77.